The van der Waals surface area contributed by atoms with Crippen molar-refractivity contribution in [3.8, 4) is 0 Å². The fourth-order valence-corrected chi connectivity index (χ4v) is 13.8. The van der Waals surface area contributed by atoms with E-state index in [1.807, 2.05) is 72.8 Å². The van der Waals surface area contributed by atoms with E-state index in [0.29, 0.717) is 5.39 Å². The molecule has 1 radical (unpaired) electrons. The summed E-state index contributed by atoms with van der Waals surface area (Å²) in [5, 5.41) is 10.1. The van der Waals surface area contributed by atoms with E-state index < -0.39 is 30.4 Å². The fourth-order valence-electron chi connectivity index (χ4n) is 5.89. The molecule has 0 aliphatic rings. The first-order valence-electron chi connectivity index (χ1n) is 13.4. The van der Waals surface area contributed by atoms with Gasteiger partial charge in [0.05, 0.1) is 0 Å². The van der Waals surface area contributed by atoms with Crippen LogP contribution in [0.15, 0.2) is 144 Å². The lowest BCUT2D eigenvalue weighted by Crippen LogP contribution is -3.85. The molecule has 8 rings (SSSR count). The van der Waals surface area contributed by atoms with E-state index in [9.17, 15) is 8.42 Å². The van der Waals surface area contributed by atoms with Crippen LogP contribution in [-0.4, -0.2) is 8.42 Å². The molecule has 0 N–H and O–H groups in total. The Morgan fingerprint density at radius 1 is 0.415 bits per heavy atom. The van der Waals surface area contributed by atoms with E-state index in [-0.39, 0.29) is 4.90 Å². The highest BCUT2D eigenvalue weighted by Crippen LogP contribution is 2.37. The number of halogens is 1. The summed E-state index contributed by atoms with van der Waals surface area (Å²) in [5.74, 6) is 0. The average molecular weight is 663 g/mol. The quantitative estimate of drug-likeness (QED) is 0.171. The smallest absolute Gasteiger partial charge is 0.190 e. The van der Waals surface area contributed by atoms with Gasteiger partial charge in [0.1, 0.15) is 4.90 Å². The third-order valence-electron chi connectivity index (χ3n) is 7.75. The molecule has 0 aliphatic carbocycles. The maximum Gasteiger partial charge on any atom is 0.336 e. The lowest BCUT2D eigenvalue weighted by atomic mass is 9.94. The number of fused-ring (bicyclic) bond motifs is 2. The van der Waals surface area contributed by atoms with Gasteiger partial charge in [-0.05, 0) is 70.5 Å². The Hall–Kier alpha value is -4.04. The Morgan fingerprint density at radius 2 is 0.878 bits per heavy atom. The highest BCUT2D eigenvalue weighted by atomic mass is 127. The van der Waals surface area contributed by atoms with Crippen LogP contribution < -0.4 is 20.2 Å². The number of hydrogen-bond acceptors (Lipinski definition) is 3. The lowest BCUT2D eigenvalue weighted by molar-refractivity contribution is -1.03. The van der Waals surface area contributed by atoms with Gasteiger partial charge in [0, 0.05) is 16.2 Å². The molecule has 0 spiro atoms. The van der Waals surface area contributed by atoms with Gasteiger partial charge in [0.25, 0.3) is 0 Å². The summed E-state index contributed by atoms with van der Waals surface area (Å²) in [6, 6.07) is 46.3. The lowest BCUT2D eigenvalue weighted by Gasteiger charge is -2.14. The van der Waals surface area contributed by atoms with Gasteiger partial charge >= 0.3 is 30.4 Å². The van der Waals surface area contributed by atoms with Crippen molar-refractivity contribution < 1.29 is 31.2 Å². The van der Waals surface area contributed by atoms with Crippen molar-refractivity contribution >= 4 is 64.0 Å². The summed E-state index contributed by atoms with van der Waals surface area (Å²) in [4.78, 5) is 0.214. The Balaban J connectivity index is 1.37. The second kappa shape index (κ2) is 9.52. The van der Waals surface area contributed by atoms with E-state index in [1.165, 1.54) is 0 Å². The summed E-state index contributed by atoms with van der Waals surface area (Å²) in [5.41, 5.74) is 0. The fraction of sp³-hybridized carbons (Fsp3) is 0. The first-order valence-corrected chi connectivity index (χ1v) is 17.8. The molecule has 0 atom stereocenters. The second-order valence-corrected chi connectivity index (χ2v) is 16.4. The van der Waals surface area contributed by atoms with Crippen molar-refractivity contribution in [1.82, 2.24) is 0 Å². The summed E-state index contributed by atoms with van der Waals surface area (Å²) < 4.78 is 37.3. The molecular formula is C36H23IO3S+. The minimum atomic E-state index is -4.15. The van der Waals surface area contributed by atoms with E-state index in [2.05, 4.69) is 60.7 Å². The summed E-state index contributed by atoms with van der Waals surface area (Å²) >= 11 is -3.03. The summed E-state index contributed by atoms with van der Waals surface area (Å²) in [7, 11) is -4.15. The van der Waals surface area contributed by atoms with Gasteiger partial charge in [0.2, 0.25) is 0 Å². The van der Waals surface area contributed by atoms with Gasteiger partial charge in [-0.15, -0.1) is 0 Å². The zero-order chi connectivity index (χ0) is 27.6. The van der Waals surface area contributed by atoms with Crippen LogP contribution in [0, 0.1) is 7.14 Å². The van der Waals surface area contributed by atoms with Gasteiger partial charge < -0.3 is 0 Å². The van der Waals surface area contributed by atoms with Crippen LogP contribution in [0.2, 0.25) is 0 Å². The van der Waals surface area contributed by atoms with Gasteiger partial charge in [-0.2, -0.15) is 8.42 Å². The van der Waals surface area contributed by atoms with Crippen molar-refractivity contribution in [3.63, 3.8) is 0 Å². The Kier molecular flexibility index (Phi) is 5.74. The highest BCUT2D eigenvalue weighted by molar-refractivity contribution is 7.86. The van der Waals surface area contributed by atoms with Gasteiger partial charge in [-0.25, -0.2) is 0 Å². The molecule has 0 aliphatic heterocycles. The predicted molar refractivity (Wildman–Crippen MR) is 164 cm³/mol. The summed E-state index contributed by atoms with van der Waals surface area (Å²) in [6.07, 6.45) is 0. The van der Waals surface area contributed by atoms with Crippen molar-refractivity contribution in [3.05, 3.63) is 147 Å². The molecule has 0 amide bonds. The maximum atomic E-state index is 14.4. The largest absolute Gasteiger partial charge is 0.336 e. The zero-order valence-corrected chi connectivity index (χ0v) is 24.8. The molecule has 0 bridgehead atoms. The monoisotopic (exact) mass is 662 g/mol. The number of rotatable bonds is 5. The van der Waals surface area contributed by atoms with Crippen LogP contribution in [0.25, 0.3) is 53.9 Å². The van der Waals surface area contributed by atoms with Crippen LogP contribution >= 0.6 is 0 Å². The van der Waals surface area contributed by atoms with E-state index >= 15 is 0 Å². The molecule has 197 valence electrons. The molecule has 0 saturated heterocycles. The molecule has 41 heavy (non-hydrogen) atoms. The second-order valence-electron chi connectivity index (χ2n) is 10.1. The Morgan fingerprint density at radius 3 is 1.51 bits per heavy atom. The topological polar surface area (TPSA) is 43.4 Å². The van der Waals surface area contributed by atoms with Crippen LogP contribution in [0.3, 0.4) is 0 Å². The molecule has 8 aromatic carbocycles. The van der Waals surface area contributed by atoms with Gasteiger partial charge in [0.15, 0.2) is 7.14 Å². The Labute approximate surface area is 245 Å². The molecule has 0 heterocycles. The van der Waals surface area contributed by atoms with Crippen LogP contribution in [0.5, 0.6) is 0 Å². The SMILES string of the molecule is O=S(=O)(O[I+](c1cccc2ccccc12)c1cccc2ccccc12)c1ccc2ccc3cccc4ccc1c2c34. The van der Waals surface area contributed by atoms with Gasteiger partial charge in [-0.3, -0.25) is 0 Å². The summed E-state index contributed by atoms with van der Waals surface area (Å²) in [6.45, 7) is 0. The van der Waals surface area contributed by atoms with E-state index in [4.69, 9.17) is 2.51 Å². The highest BCUT2D eigenvalue weighted by Gasteiger charge is 2.41. The van der Waals surface area contributed by atoms with Gasteiger partial charge in [-0.1, -0.05) is 109 Å². The minimum Gasteiger partial charge on any atom is -0.190 e. The van der Waals surface area contributed by atoms with E-state index in [1.54, 1.807) is 6.07 Å². The number of benzene rings is 8. The van der Waals surface area contributed by atoms with Crippen molar-refractivity contribution in [2.75, 3.05) is 0 Å². The minimum absolute atomic E-state index is 0.214. The van der Waals surface area contributed by atoms with Crippen molar-refractivity contribution in [2.24, 2.45) is 0 Å². The maximum absolute atomic E-state index is 14.4. The molecule has 3 nitrogen and oxygen atoms in total. The average Bonchev–Trinajstić information content (AvgIpc) is 3.02. The normalized spacial score (nSPS) is 12.4. The zero-order valence-electron chi connectivity index (χ0n) is 21.8. The van der Waals surface area contributed by atoms with Crippen LogP contribution in [-0.2, 0) is 12.6 Å². The molecule has 8 aromatic rings. The van der Waals surface area contributed by atoms with E-state index in [0.717, 1.165) is 55.6 Å². The molecule has 0 aromatic heterocycles. The third-order valence-corrected chi connectivity index (χ3v) is 15.4. The third kappa shape index (κ3) is 3.99. The first-order chi connectivity index (χ1) is 20.1. The van der Waals surface area contributed by atoms with Crippen LogP contribution in [0.1, 0.15) is 0 Å². The number of hydrogen-bond donors (Lipinski definition) is 0. The van der Waals surface area contributed by atoms with Crippen LogP contribution in [0.4, 0.5) is 0 Å². The molecule has 0 saturated carbocycles. The first kappa shape index (κ1) is 24.7. The predicted octanol–water partition coefficient (Wildman–Crippen LogP) is 5.88. The van der Waals surface area contributed by atoms with Crippen molar-refractivity contribution in [2.45, 2.75) is 4.90 Å². The van der Waals surface area contributed by atoms with Crippen molar-refractivity contribution in [1.29, 1.82) is 0 Å². The Bertz CT molecular complexity index is 2270. The molecule has 5 heteroatoms. The standard InChI is InChI=1S/C36H23IO3S/c38-41(39,34-23-21-28-19-18-26-12-5-13-27-20-22-31(34)36(28)35(26)27)40-37(32-16-6-10-24-8-1-3-14-29(24)32)33-17-7-11-25-9-2-4-15-30(25)33/h1-23H/q+1. The molecular weight excluding hydrogens is 639 g/mol. The molecule has 0 unspecified atom stereocenters. The molecule has 0 fully saturated rings.